The van der Waals surface area contributed by atoms with Crippen LogP contribution in [0.15, 0.2) is 48.5 Å². The Hall–Kier alpha value is -2.40. The van der Waals surface area contributed by atoms with Crippen LogP contribution in [-0.2, 0) is 11.2 Å². The van der Waals surface area contributed by atoms with E-state index in [0.29, 0.717) is 16.4 Å². The predicted octanol–water partition coefficient (Wildman–Crippen LogP) is 3.84. The minimum Gasteiger partial charge on any atom is -0.465 e. The van der Waals surface area contributed by atoms with Crippen molar-refractivity contribution in [2.75, 3.05) is 17.7 Å². The molecule has 2 aromatic carbocycles. The number of methoxy groups -OCH3 is 1. The maximum Gasteiger partial charge on any atom is 0.339 e. The van der Waals surface area contributed by atoms with Gasteiger partial charge in [0, 0.05) is 5.69 Å². The largest absolute Gasteiger partial charge is 0.465 e. The Labute approximate surface area is 135 Å². The van der Waals surface area contributed by atoms with E-state index in [1.807, 2.05) is 30.3 Å². The Kier molecular flexibility index (Phi) is 5.49. The fraction of sp³-hybridized carbons (Fsp3) is 0.176. The van der Waals surface area contributed by atoms with Gasteiger partial charge in [0.15, 0.2) is 5.11 Å². The molecule has 0 aromatic heterocycles. The van der Waals surface area contributed by atoms with Crippen LogP contribution in [0.4, 0.5) is 11.4 Å². The van der Waals surface area contributed by atoms with E-state index < -0.39 is 5.97 Å². The summed E-state index contributed by atoms with van der Waals surface area (Å²) >= 11 is 5.33. The van der Waals surface area contributed by atoms with E-state index in [0.717, 1.165) is 12.1 Å². The van der Waals surface area contributed by atoms with E-state index in [9.17, 15) is 4.79 Å². The van der Waals surface area contributed by atoms with Crippen molar-refractivity contribution in [3.8, 4) is 0 Å². The normalized spacial score (nSPS) is 9.91. The molecule has 2 N–H and O–H groups in total. The summed E-state index contributed by atoms with van der Waals surface area (Å²) in [5.74, 6) is -0.403. The molecule has 0 aliphatic rings. The molecule has 0 radical (unpaired) electrons. The summed E-state index contributed by atoms with van der Waals surface area (Å²) in [5, 5.41) is 6.64. The summed E-state index contributed by atoms with van der Waals surface area (Å²) in [7, 11) is 1.35. The fourth-order valence-corrected chi connectivity index (χ4v) is 2.33. The van der Waals surface area contributed by atoms with E-state index in [-0.39, 0.29) is 0 Å². The smallest absolute Gasteiger partial charge is 0.339 e. The van der Waals surface area contributed by atoms with Crippen LogP contribution in [-0.4, -0.2) is 18.2 Å². The number of aryl methyl sites for hydroxylation is 1. The molecule has 0 unspecified atom stereocenters. The molecular formula is C17H18N2O2S. The highest BCUT2D eigenvalue weighted by molar-refractivity contribution is 7.80. The number of carbonyl (C=O) groups excluding carboxylic acids is 1. The van der Waals surface area contributed by atoms with Crippen LogP contribution in [0.25, 0.3) is 0 Å². The highest BCUT2D eigenvalue weighted by atomic mass is 32.1. The number of anilines is 2. The van der Waals surface area contributed by atoms with Gasteiger partial charge in [0.25, 0.3) is 0 Å². The van der Waals surface area contributed by atoms with Crippen molar-refractivity contribution in [1.29, 1.82) is 0 Å². The van der Waals surface area contributed by atoms with Gasteiger partial charge in [-0.15, -0.1) is 0 Å². The van der Waals surface area contributed by atoms with Crippen LogP contribution in [0.1, 0.15) is 22.8 Å². The predicted molar refractivity (Wildman–Crippen MR) is 93.4 cm³/mol. The van der Waals surface area contributed by atoms with Gasteiger partial charge in [-0.2, -0.15) is 0 Å². The third kappa shape index (κ3) is 3.83. The number of hydrogen-bond donors (Lipinski definition) is 2. The third-order valence-electron chi connectivity index (χ3n) is 3.23. The molecule has 0 fully saturated rings. The number of nitrogens with one attached hydrogen (secondary N) is 2. The van der Waals surface area contributed by atoms with Gasteiger partial charge >= 0.3 is 5.97 Å². The molecule has 5 heteroatoms. The van der Waals surface area contributed by atoms with E-state index >= 15 is 0 Å². The topological polar surface area (TPSA) is 50.4 Å². The highest BCUT2D eigenvalue weighted by Gasteiger charge is 2.12. The van der Waals surface area contributed by atoms with Crippen molar-refractivity contribution < 1.29 is 9.53 Å². The maximum absolute atomic E-state index is 11.7. The van der Waals surface area contributed by atoms with Crippen LogP contribution in [0.3, 0.4) is 0 Å². The van der Waals surface area contributed by atoms with Gasteiger partial charge in [-0.05, 0) is 42.4 Å². The fourth-order valence-electron chi connectivity index (χ4n) is 2.11. The zero-order chi connectivity index (χ0) is 15.9. The number of esters is 1. The molecule has 2 aromatic rings. The van der Waals surface area contributed by atoms with Crippen LogP contribution in [0.2, 0.25) is 0 Å². The van der Waals surface area contributed by atoms with E-state index in [1.165, 1.54) is 12.7 Å². The molecular weight excluding hydrogens is 296 g/mol. The Balaban J connectivity index is 2.14. The van der Waals surface area contributed by atoms with E-state index in [4.69, 9.17) is 17.0 Å². The first-order chi connectivity index (χ1) is 10.7. The molecule has 22 heavy (non-hydrogen) atoms. The van der Waals surface area contributed by atoms with E-state index in [2.05, 4.69) is 17.6 Å². The molecule has 0 aliphatic heterocycles. The average Bonchev–Trinajstić information content (AvgIpc) is 2.55. The first-order valence-electron chi connectivity index (χ1n) is 6.99. The summed E-state index contributed by atoms with van der Waals surface area (Å²) in [6, 6.07) is 15.0. The zero-order valence-electron chi connectivity index (χ0n) is 12.6. The standard InChI is InChI=1S/C17H18N2O2S/c1-3-12-8-4-6-10-14(12)18-17(22)19-15-11-7-5-9-13(15)16(20)21-2/h4-11H,3H2,1-2H3,(H2,18,19,22). The first-order valence-corrected chi connectivity index (χ1v) is 7.39. The SMILES string of the molecule is CCc1ccccc1NC(=S)Nc1ccccc1C(=O)OC. The van der Waals surface area contributed by atoms with Crippen molar-refractivity contribution in [3.05, 3.63) is 59.7 Å². The van der Waals surface area contributed by atoms with Gasteiger partial charge in [0.1, 0.15) is 0 Å². The lowest BCUT2D eigenvalue weighted by Crippen LogP contribution is -2.21. The maximum atomic E-state index is 11.7. The zero-order valence-corrected chi connectivity index (χ0v) is 13.4. The summed E-state index contributed by atoms with van der Waals surface area (Å²) in [4.78, 5) is 11.7. The monoisotopic (exact) mass is 314 g/mol. The van der Waals surface area contributed by atoms with Gasteiger partial charge in [-0.1, -0.05) is 37.3 Å². The summed E-state index contributed by atoms with van der Waals surface area (Å²) < 4.78 is 4.77. The number of para-hydroxylation sites is 2. The minimum absolute atomic E-state index is 0.403. The number of benzene rings is 2. The summed E-state index contributed by atoms with van der Waals surface area (Å²) in [5.41, 5.74) is 3.18. The Bertz CT molecular complexity index is 686. The van der Waals surface area contributed by atoms with Crippen LogP contribution >= 0.6 is 12.2 Å². The van der Waals surface area contributed by atoms with Crippen molar-refractivity contribution in [3.63, 3.8) is 0 Å². The first kappa shape index (κ1) is 16.0. The Morgan fingerprint density at radius 2 is 1.64 bits per heavy atom. The molecule has 0 bridgehead atoms. The average molecular weight is 314 g/mol. The minimum atomic E-state index is -0.403. The van der Waals surface area contributed by atoms with Crippen LogP contribution < -0.4 is 10.6 Å². The molecule has 0 saturated carbocycles. The molecule has 0 amide bonds. The van der Waals surface area contributed by atoms with E-state index in [1.54, 1.807) is 18.2 Å². The molecule has 0 heterocycles. The van der Waals surface area contributed by atoms with Crippen LogP contribution in [0.5, 0.6) is 0 Å². The molecule has 114 valence electrons. The molecule has 0 saturated heterocycles. The highest BCUT2D eigenvalue weighted by Crippen LogP contribution is 2.18. The molecule has 2 rings (SSSR count). The number of rotatable bonds is 4. The number of ether oxygens (including phenoxy) is 1. The van der Waals surface area contributed by atoms with Crippen molar-refractivity contribution in [2.45, 2.75) is 13.3 Å². The van der Waals surface area contributed by atoms with Gasteiger partial charge in [0.05, 0.1) is 18.4 Å². The second-order valence-corrected chi connectivity index (χ2v) is 5.04. The molecule has 4 nitrogen and oxygen atoms in total. The second kappa shape index (κ2) is 7.56. The lowest BCUT2D eigenvalue weighted by atomic mass is 10.1. The van der Waals surface area contributed by atoms with Crippen molar-refractivity contribution >= 4 is 34.7 Å². The summed E-state index contributed by atoms with van der Waals surface area (Å²) in [6.07, 6.45) is 0.907. The number of hydrogen-bond acceptors (Lipinski definition) is 3. The lowest BCUT2D eigenvalue weighted by Gasteiger charge is -2.15. The molecule has 0 aliphatic carbocycles. The Morgan fingerprint density at radius 1 is 1.05 bits per heavy atom. The van der Waals surface area contributed by atoms with Gasteiger partial charge < -0.3 is 15.4 Å². The molecule has 0 atom stereocenters. The van der Waals surface area contributed by atoms with Crippen molar-refractivity contribution in [2.24, 2.45) is 0 Å². The number of thiocarbonyl (C=S) groups is 1. The summed E-state index contributed by atoms with van der Waals surface area (Å²) in [6.45, 7) is 2.09. The second-order valence-electron chi connectivity index (χ2n) is 4.63. The van der Waals surface area contributed by atoms with Gasteiger partial charge in [-0.25, -0.2) is 4.79 Å². The quantitative estimate of drug-likeness (QED) is 0.663. The lowest BCUT2D eigenvalue weighted by molar-refractivity contribution is 0.0602. The van der Waals surface area contributed by atoms with Crippen molar-refractivity contribution in [1.82, 2.24) is 0 Å². The third-order valence-corrected chi connectivity index (χ3v) is 3.43. The van der Waals surface area contributed by atoms with Crippen LogP contribution in [0, 0.1) is 0 Å². The van der Waals surface area contributed by atoms with Gasteiger partial charge in [0.2, 0.25) is 0 Å². The Morgan fingerprint density at radius 3 is 2.32 bits per heavy atom. The van der Waals surface area contributed by atoms with Gasteiger partial charge in [-0.3, -0.25) is 0 Å². The molecule has 0 spiro atoms. The number of carbonyl (C=O) groups is 1.